The molecule has 184 valence electrons. The fraction of sp³-hybridized carbons (Fsp3) is 0.391. The minimum Gasteiger partial charge on any atom is -0.494 e. The number of carbonyl (C=O) groups is 2. The summed E-state index contributed by atoms with van der Waals surface area (Å²) >= 11 is 0. The van der Waals surface area contributed by atoms with Crippen molar-refractivity contribution in [2.75, 3.05) is 26.7 Å². The summed E-state index contributed by atoms with van der Waals surface area (Å²) in [4.78, 5) is 36.8. The van der Waals surface area contributed by atoms with Gasteiger partial charge in [-0.3, -0.25) is 9.59 Å². The number of nitrogens with zero attached hydrogens (tertiary/aromatic N) is 4. The van der Waals surface area contributed by atoms with Gasteiger partial charge in [0, 0.05) is 43.0 Å². The Bertz CT molecular complexity index is 1320. The Kier molecular flexibility index (Phi) is 5.62. The molecular formula is C23H22F3N5O4. The van der Waals surface area contributed by atoms with Crippen LogP contribution in [0.25, 0.3) is 22.4 Å². The Labute approximate surface area is 197 Å². The van der Waals surface area contributed by atoms with Gasteiger partial charge in [-0.2, -0.15) is 13.2 Å². The molecule has 2 saturated heterocycles. The van der Waals surface area contributed by atoms with E-state index in [1.165, 1.54) is 19.2 Å². The minimum absolute atomic E-state index is 0.0118. The molecule has 4 heterocycles. The standard InChI is InChI=1S/C23H22F3N5O4/c1-34-15-5-3-14(13-4-6-17(23(24,25)26)28-19(13)15)21-29-20(16(10-27)35-21)22(33)30-8-9-31-12(11-30)2-7-18(31)32/h3-6,12H,2,7-11,27H2,1H3. The minimum atomic E-state index is -4.63. The smallest absolute Gasteiger partial charge is 0.433 e. The number of pyridine rings is 1. The van der Waals surface area contributed by atoms with Crippen LogP contribution in [-0.4, -0.2) is 64.4 Å². The summed E-state index contributed by atoms with van der Waals surface area (Å²) in [5, 5.41) is 0.319. The van der Waals surface area contributed by atoms with Gasteiger partial charge in [0.1, 0.15) is 17.0 Å². The SMILES string of the molecule is COc1ccc(-c2nc(C(=O)N3CCN4C(=O)CCC4C3)c(CN)o2)c2ccc(C(F)(F)F)nc12. The maximum absolute atomic E-state index is 13.3. The van der Waals surface area contributed by atoms with Crippen LogP contribution in [0, 0.1) is 0 Å². The summed E-state index contributed by atoms with van der Waals surface area (Å²) in [5.74, 6) is 0.0917. The van der Waals surface area contributed by atoms with Crippen molar-refractivity contribution in [1.82, 2.24) is 19.8 Å². The number of aromatic nitrogens is 2. The second-order valence-corrected chi connectivity index (χ2v) is 8.43. The van der Waals surface area contributed by atoms with Gasteiger partial charge in [0.05, 0.1) is 13.7 Å². The zero-order valence-corrected chi connectivity index (χ0v) is 18.8. The topological polar surface area (TPSA) is 115 Å². The first-order chi connectivity index (χ1) is 16.7. The number of nitrogens with two attached hydrogens (primary N) is 1. The Hall–Kier alpha value is -3.67. The molecule has 1 aromatic carbocycles. The van der Waals surface area contributed by atoms with E-state index in [2.05, 4.69) is 9.97 Å². The van der Waals surface area contributed by atoms with Crippen molar-refractivity contribution in [3.63, 3.8) is 0 Å². The molecule has 9 nitrogen and oxygen atoms in total. The predicted molar refractivity (Wildman–Crippen MR) is 117 cm³/mol. The molecule has 2 aromatic heterocycles. The Morgan fingerprint density at radius 2 is 2.03 bits per heavy atom. The molecule has 0 aliphatic carbocycles. The van der Waals surface area contributed by atoms with Crippen LogP contribution in [0.5, 0.6) is 5.75 Å². The number of hydrogen-bond donors (Lipinski definition) is 1. The number of fused-ring (bicyclic) bond motifs is 2. The Morgan fingerprint density at radius 1 is 1.23 bits per heavy atom. The van der Waals surface area contributed by atoms with E-state index in [0.29, 0.717) is 43.4 Å². The fourth-order valence-electron chi connectivity index (χ4n) is 4.67. The molecule has 2 amide bonds. The molecule has 3 aromatic rings. The van der Waals surface area contributed by atoms with Crippen LogP contribution in [0.3, 0.4) is 0 Å². The van der Waals surface area contributed by atoms with Gasteiger partial charge in [-0.05, 0) is 30.7 Å². The zero-order valence-electron chi connectivity index (χ0n) is 18.8. The van der Waals surface area contributed by atoms with E-state index < -0.39 is 11.9 Å². The highest BCUT2D eigenvalue weighted by molar-refractivity contribution is 5.98. The maximum atomic E-state index is 13.3. The quantitative estimate of drug-likeness (QED) is 0.599. The lowest BCUT2D eigenvalue weighted by Gasteiger charge is -2.37. The van der Waals surface area contributed by atoms with Crippen molar-refractivity contribution in [2.45, 2.75) is 31.6 Å². The molecule has 2 aliphatic heterocycles. The van der Waals surface area contributed by atoms with E-state index in [9.17, 15) is 22.8 Å². The first kappa shape index (κ1) is 23.1. The van der Waals surface area contributed by atoms with Gasteiger partial charge in [0.25, 0.3) is 5.91 Å². The molecule has 0 bridgehead atoms. The van der Waals surface area contributed by atoms with Gasteiger partial charge in [-0.15, -0.1) is 0 Å². The molecule has 1 atom stereocenters. The molecule has 5 rings (SSSR count). The molecule has 2 fully saturated rings. The van der Waals surface area contributed by atoms with Crippen LogP contribution in [0.15, 0.2) is 28.7 Å². The number of benzene rings is 1. The van der Waals surface area contributed by atoms with E-state index >= 15 is 0 Å². The number of oxazole rings is 1. The number of methoxy groups -OCH3 is 1. The largest absolute Gasteiger partial charge is 0.494 e. The molecule has 0 radical (unpaired) electrons. The first-order valence-electron chi connectivity index (χ1n) is 11.0. The normalized spacial score (nSPS) is 18.3. The molecule has 35 heavy (non-hydrogen) atoms. The van der Waals surface area contributed by atoms with Crippen LogP contribution in [-0.2, 0) is 17.5 Å². The zero-order chi connectivity index (χ0) is 24.9. The number of hydrogen-bond acceptors (Lipinski definition) is 7. The second-order valence-electron chi connectivity index (χ2n) is 8.43. The van der Waals surface area contributed by atoms with Crippen molar-refractivity contribution in [1.29, 1.82) is 0 Å². The fourth-order valence-corrected chi connectivity index (χ4v) is 4.67. The Balaban J connectivity index is 1.52. The monoisotopic (exact) mass is 489 g/mol. The highest BCUT2D eigenvalue weighted by Gasteiger charge is 2.38. The van der Waals surface area contributed by atoms with Crippen molar-refractivity contribution in [3.8, 4) is 17.2 Å². The van der Waals surface area contributed by atoms with Gasteiger partial charge in [-0.1, -0.05) is 0 Å². The van der Waals surface area contributed by atoms with Gasteiger partial charge in [-0.25, -0.2) is 9.97 Å². The average Bonchev–Trinajstić information content (AvgIpc) is 3.45. The third-order valence-electron chi connectivity index (χ3n) is 6.43. The van der Waals surface area contributed by atoms with Crippen molar-refractivity contribution < 1.29 is 31.9 Å². The summed E-state index contributed by atoms with van der Waals surface area (Å²) < 4.78 is 50.7. The summed E-state index contributed by atoms with van der Waals surface area (Å²) in [6.07, 6.45) is -3.46. The van der Waals surface area contributed by atoms with Crippen molar-refractivity contribution >= 4 is 22.7 Å². The number of carbonyl (C=O) groups excluding carboxylic acids is 2. The highest BCUT2D eigenvalue weighted by Crippen LogP contribution is 2.37. The molecule has 2 N–H and O–H groups in total. The van der Waals surface area contributed by atoms with Gasteiger partial charge in [0.15, 0.2) is 11.5 Å². The number of rotatable bonds is 4. The third kappa shape index (κ3) is 3.97. The number of halogens is 3. The summed E-state index contributed by atoms with van der Waals surface area (Å²) in [6, 6.07) is 5.17. The lowest BCUT2D eigenvalue weighted by Crippen LogP contribution is -2.53. The van der Waals surface area contributed by atoms with Gasteiger partial charge in [0.2, 0.25) is 11.8 Å². The number of alkyl halides is 3. The summed E-state index contributed by atoms with van der Waals surface area (Å²) in [5.41, 5.74) is 5.15. The van der Waals surface area contributed by atoms with Gasteiger partial charge >= 0.3 is 6.18 Å². The molecule has 1 unspecified atom stereocenters. The second kappa shape index (κ2) is 8.52. The average molecular weight is 489 g/mol. The number of ether oxygens (including phenoxy) is 1. The van der Waals surface area contributed by atoms with Crippen LogP contribution in [0.4, 0.5) is 13.2 Å². The lowest BCUT2D eigenvalue weighted by atomic mass is 10.1. The maximum Gasteiger partial charge on any atom is 0.433 e. The van der Waals surface area contributed by atoms with E-state index in [4.69, 9.17) is 14.9 Å². The van der Waals surface area contributed by atoms with Crippen LogP contribution < -0.4 is 10.5 Å². The number of piperazine rings is 1. The van der Waals surface area contributed by atoms with E-state index in [-0.39, 0.29) is 53.0 Å². The van der Waals surface area contributed by atoms with Crippen LogP contribution in [0.2, 0.25) is 0 Å². The van der Waals surface area contributed by atoms with Crippen molar-refractivity contribution in [3.05, 3.63) is 41.4 Å². The van der Waals surface area contributed by atoms with E-state index in [1.54, 1.807) is 15.9 Å². The van der Waals surface area contributed by atoms with Crippen molar-refractivity contribution in [2.24, 2.45) is 5.73 Å². The lowest BCUT2D eigenvalue weighted by molar-refractivity contribution is -0.141. The molecule has 0 spiro atoms. The molecule has 12 heteroatoms. The highest BCUT2D eigenvalue weighted by atomic mass is 19.4. The first-order valence-corrected chi connectivity index (χ1v) is 11.0. The van der Waals surface area contributed by atoms with Crippen LogP contribution >= 0.6 is 0 Å². The molecular weight excluding hydrogens is 467 g/mol. The Morgan fingerprint density at radius 3 is 2.74 bits per heavy atom. The molecule has 2 aliphatic rings. The number of amides is 2. The van der Waals surface area contributed by atoms with E-state index in [1.807, 2.05) is 0 Å². The van der Waals surface area contributed by atoms with E-state index in [0.717, 1.165) is 6.07 Å². The van der Waals surface area contributed by atoms with Gasteiger partial charge < -0.3 is 24.7 Å². The predicted octanol–water partition coefficient (Wildman–Crippen LogP) is 2.82. The molecule has 0 saturated carbocycles. The third-order valence-corrected chi connectivity index (χ3v) is 6.43. The summed E-state index contributed by atoms with van der Waals surface area (Å²) in [6.45, 7) is 1.12. The summed E-state index contributed by atoms with van der Waals surface area (Å²) in [7, 11) is 1.34. The van der Waals surface area contributed by atoms with Crippen LogP contribution in [0.1, 0.15) is 34.8 Å².